The Morgan fingerprint density at radius 1 is 1.36 bits per heavy atom. The molecule has 0 aromatic carbocycles. The zero-order valence-corrected chi connectivity index (χ0v) is 6.95. The van der Waals surface area contributed by atoms with Gasteiger partial charge in [-0.25, -0.2) is 8.78 Å². The van der Waals surface area contributed by atoms with E-state index in [2.05, 4.69) is 0 Å². The summed E-state index contributed by atoms with van der Waals surface area (Å²) in [4.78, 5) is 0. The van der Waals surface area contributed by atoms with Crippen LogP contribution in [0.2, 0.25) is 0 Å². The van der Waals surface area contributed by atoms with Crippen LogP contribution in [0.1, 0.15) is 20.8 Å². The van der Waals surface area contributed by atoms with Crippen LogP contribution in [-0.4, -0.2) is 24.3 Å². The van der Waals surface area contributed by atoms with E-state index < -0.39 is 11.5 Å². The average molecular weight is 165 g/mol. The largest absolute Gasteiger partial charge is 0.364 e. The zero-order valence-electron chi connectivity index (χ0n) is 6.95. The fourth-order valence-corrected chi connectivity index (χ4v) is 0.377. The second-order valence-electron chi connectivity index (χ2n) is 2.91. The van der Waals surface area contributed by atoms with Crippen molar-refractivity contribution in [2.75, 3.05) is 6.61 Å². The molecule has 0 bridgehead atoms. The summed E-state index contributed by atoms with van der Waals surface area (Å²) < 4.78 is 30.0. The monoisotopic (exact) mass is 165 g/mol. The van der Waals surface area contributed by atoms with E-state index in [0.717, 1.165) is 13.1 Å². The SMILES string of the molecule is CC(F)(F)C(C)(C)OCC=N. The summed E-state index contributed by atoms with van der Waals surface area (Å²) >= 11 is 0. The summed E-state index contributed by atoms with van der Waals surface area (Å²) in [5.41, 5.74) is -1.50. The molecule has 4 heteroatoms. The van der Waals surface area contributed by atoms with Crippen molar-refractivity contribution in [2.24, 2.45) is 0 Å². The van der Waals surface area contributed by atoms with Gasteiger partial charge in [-0.3, -0.25) is 0 Å². The van der Waals surface area contributed by atoms with Crippen molar-refractivity contribution < 1.29 is 13.5 Å². The molecule has 0 saturated carbocycles. The van der Waals surface area contributed by atoms with Crippen molar-refractivity contribution in [1.29, 1.82) is 5.41 Å². The van der Waals surface area contributed by atoms with Crippen LogP contribution in [0.3, 0.4) is 0 Å². The zero-order chi connectivity index (χ0) is 9.12. The minimum absolute atomic E-state index is 0.0730. The lowest BCUT2D eigenvalue weighted by atomic mass is 10.0. The molecular formula is C7H13F2NO. The Kier molecular flexibility index (Phi) is 3.11. The van der Waals surface area contributed by atoms with Crippen LogP contribution in [0.25, 0.3) is 0 Å². The molecule has 0 aromatic rings. The topological polar surface area (TPSA) is 33.1 Å². The Hall–Kier alpha value is -0.510. The van der Waals surface area contributed by atoms with Crippen molar-refractivity contribution in [3.05, 3.63) is 0 Å². The van der Waals surface area contributed by atoms with E-state index in [0.29, 0.717) is 0 Å². The van der Waals surface area contributed by atoms with Crippen molar-refractivity contribution in [3.8, 4) is 0 Å². The molecule has 0 amide bonds. The summed E-state index contributed by atoms with van der Waals surface area (Å²) in [6.07, 6.45) is 0.952. The van der Waals surface area contributed by atoms with E-state index in [-0.39, 0.29) is 6.61 Å². The predicted molar refractivity (Wildman–Crippen MR) is 39.4 cm³/mol. The lowest BCUT2D eigenvalue weighted by molar-refractivity contribution is -0.171. The molecule has 0 aliphatic heterocycles. The molecule has 0 aliphatic rings. The van der Waals surface area contributed by atoms with Crippen LogP contribution in [0, 0.1) is 5.41 Å². The quantitative estimate of drug-likeness (QED) is 0.635. The Morgan fingerprint density at radius 2 is 1.82 bits per heavy atom. The van der Waals surface area contributed by atoms with Crippen molar-refractivity contribution in [3.63, 3.8) is 0 Å². The minimum Gasteiger partial charge on any atom is -0.364 e. The number of hydrogen-bond acceptors (Lipinski definition) is 2. The highest BCUT2D eigenvalue weighted by molar-refractivity contribution is 5.54. The van der Waals surface area contributed by atoms with E-state index in [4.69, 9.17) is 10.1 Å². The molecule has 0 spiro atoms. The first-order valence-electron chi connectivity index (χ1n) is 3.32. The summed E-state index contributed by atoms with van der Waals surface area (Å²) in [5.74, 6) is -2.88. The Labute approximate surface area is 65.1 Å². The highest BCUT2D eigenvalue weighted by Gasteiger charge is 2.42. The van der Waals surface area contributed by atoms with Gasteiger partial charge in [0, 0.05) is 13.1 Å². The number of ether oxygens (including phenoxy) is 1. The van der Waals surface area contributed by atoms with Gasteiger partial charge in [0.1, 0.15) is 5.60 Å². The minimum atomic E-state index is -2.88. The molecule has 0 aliphatic carbocycles. The summed E-state index contributed by atoms with van der Waals surface area (Å²) in [5, 5.41) is 6.59. The van der Waals surface area contributed by atoms with Crippen molar-refractivity contribution in [1.82, 2.24) is 0 Å². The highest BCUT2D eigenvalue weighted by Crippen LogP contribution is 2.30. The normalized spacial score (nSPS) is 13.2. The molecule has 0 saturated heterocycles. The number of halogens is 2. The molecule has 11 heavy (non-hydrogen) atoms. The molecule has 0 heterocycles. The Morgan fingerprint density at radius 3 is 2.09 bits per heavy atom. The molecule has 0 aromatic heterocycles. The van der Waals surface area contributed by atoms with Gasteiger partial charge >= 0.3 is 0 Å². The molecule has 0 radical (unpaired) electrons. The lowest BCUT2D eigenvalue weighted by Crippen LogP contribution is -2.43. The predicted octanol–water partition coefficient (Wildman–Crippen LogP) is 2.09. The second-order valence-corrected chi connectivity index (χ2v) is 2.91. The maximum atomic E-state index is 12.6. The highest BCUT2D eigenvalue weighted by atomic mass is 19.3. The third-order valence-electron chi connectivity index (χ3n) is 1.58. The molecule has 66 valence electrons. The smallest absolute Gasteiger partial charge is 0.273 e. The first kappa shape index (κ1) is 10.5. The molecule has 0 rings (SSSR count). The number of nitrogens with one attached hydrogen (secondary N) is 1. The fourth-order valence-electron chi connectivity index (χ4n) is 0.377. The van der Waals surface area contributed by atoms with Gasteiger partial charge in [-0.1, -0.05) is 0 Å². The Balaban J connectivity index is 4.10. The van der Waals surface area contributed by atoms with Gasteiger partial charge < -0.3 is 10.1 Å². The summed E-state index contributed by atoms with van der Waals surface area (Å²) in [6, 6.07) is 0. The van der Waals surface area contributed by atoms with Gasteiger partial charge in [-0.05, 0) is 13.8 Å². The first-order valence-corrected chi connectivity index (χ1v) is 3.32. The van der Waals surface area contributed by atoms with Crippen LogP contribution in [0.5, 0.6) is 0 Å². The second kappa shape index (κ2) is 3.26. The average Bonchev–Trinajstić information content (AvgIpc) is 1.81. The Bertz CT molecular complexity index is 140. The van der Waals surface area contributed by atoms with Gasteiger partial charge in [0.25, 0.3) is 5.92 Å². The number of alkyl halides is 2. The first-order chi connectivity index (χ1) is 4.81. The summed E-state index contributed by atoms with van der Waals surface area (Å²) in [7, 11) is 0. The number of hydrogen-bond donors (Lipinski definition) is 1. The van der Waals surface area contributed by atoms with Gasteiger partial charge in [0.2, 0.25) is 0 Å². The van der Waals surface area contributed by atoms with Crippen LogP contribution < -0.4 is 0 Å². The van der Waals surface area contributed by atoms with E-state index in [1.165, 1.54) is 13.8 Å². The van der Waals surface area contributed by atoms with Gasteiger partial charge in [0.15, 0.2) is 0 Å². The van der Waals surface area contributed by atoms with E-state index >= 15 is 0 Å². The van der Waals surface area contributed by atoms with Gasteiger partial charge in [0.05, 0.1) is 6.61 Å². The third-order valence-corrected chi connectivity index (χ3v) is 1.58. The molecule has 0 atom stereocenters. The van der Waals surface area contributed by atoms with Crippen LogP contribution >= 0.6 is 0 Å². The number of rotatable bonds is 4. The summed E-state index contributed by atoms with van der Waals surface area (Å²) in [6.45, 7) is 3.33. The van der Waals surface area contributed by atoms with Crippen molar-refractivity contribution >= 4 is 6.21 Å². The molecule has 0 fully saturated rings. The van der Waals surface area contributed by atoms with Gasteiger partial charge in [-0.2, -0.15) is 0 Å². The lowest BCUT2D eigenvalue weighted by Gasteiger charge is -2.30. The van der Waals surface area contributed by atoms with E-state index in [9.17, 15) is 8.78 Å². The van der Waals surface area contributed by atoms with Crippen molar-refractivity contribution in [2.45, 2.75) is 32.3 Å². The van der Waals surface area contributed by atoms with E-state index in [1.54, 1.807) is 0 Å². The van der Waals surface area contributed by atoms with E-state index in [1.807, 2.05) is 0 Å². The maximum Gasteiger partial charge on any atom is 0.273 e. The van der Waals surface area contributed by atoms with Gasteiger partial charge in [-0.15, -0.1) is 0 Å². The van der Waals surface area contributed by atoms with Crippen LogP contribution in [-0.2, 0) is 4.74 Å². The standard InChI is InChI=1S/C7H13F2NO/c1-6(2,7(3,8)9)11-5-4-10/h4,10H,5H2,1-3H3. The van der Waals surface area contributed by atoms with Crippen LogP contribution in [0.15, 0.2) is 0 Å². The maximum absolute atomic E-state index is 12.6. The molecule has 2 nitrogen and oxygen atoms in total. The molecule has 0 unspecified atom stereocenters. The fraction of sp³-hybridized carbons (Fsp3) is 0.857. The van der Waals surface area contributed by atoms with Crippen LogP contribution in [0.4, 0.5) is 8.78 Å². The molecule has 1 N–H and O–H groups in total. The third kappa shape index (κ3) is 2.93. The molecular weight excluding hydrogens is 152 g/mol.